The highest BCUT2D eigenvalue weighted by atomic mass is 32.1. The quantitative estimate of drug-likeness (QED) is 0.322. The molecule has 0 aliphatic carbocycles. The summed E-state index contributed by atoms with van der Waals surface area (Å²) in [4.78, 5) is 6.68. The topological polar surface area (TPSA) is 54.2 Å². The van der Waals surface area contributed by atoms with Crippen LogP contribution in [-0.2, 0) is 6.42 Å². The molecule has 0 bridgehead atoms. The van der Waals surface area contributed by atoms with Crippen LogP contribution < -0.4 is 10.2 Å². The van der Waals surface area contributed by atoms with Gasteiger partial charge in [0.25, 0.3) is 5.89 Å². The van der Waals surface area contributed by atoms with E-state index >= 15 is 0 Å². The first kappa shape index (κ1) is 22.9. The maximum Gasteiger partial charge on any atom is 0.258 e. The van der Waals surface area contributed by atoms with Crippen molar-refractivity contribution in [2.24, 2.45) is 0 Å². The van der Waals surface area contributed by atoms with Gasteiger partial charge in [-0.15, -0.1) is 0 Å². The molecule has 0 amide bonds. The fourth-order valence-electron chi connectivity index (χ4n) is 4.30. The summed E-state index contributed by atoms with van der Waals surface area (Å²) in [5.74, 6) is 0.532. The fourth-order valence-corrected chi connectivity index (χ4v) is 4.66. The van der Waals surface area contributed by atoms with Crippen molar-refractivity contribution in [2.75, 3.05) is 4.90 Å². The van der Waals surface area contributed by atoms with E-state index < -0.39 is 6.04 Å². The number of nitrogens with one attached hydrogen (secondary N) is 1. The highest BCUT2D eigenvalue weighted by Gasteiger charge is 2.35. The third-order valence-electron chi connectivity index (χ3n) is 6.24. The molecule has 35 heavy (non-hydrogen) atoms. The van der Waals surface area contributed by atoms with Gasteiger partial charge in [-0.25, -0.2) is 4.39 Å². The summed E-state index contributed by atoms with van der Waals surface area (Å²) in [5, 5.41) is 8.14. The summed E-state index contributed by atoms with van der Waals surface area (Å²) < 4.78 is 20.0. The Labute approximate surface area is 209 Å². The van der Waals surface area contributed by atoms with Gasteiger partial charge in [0.15, 0.2) is 5.11 Å². The molecule has 1 N–H and O–H groups in total. The van der Waals surface area contributed by atoms with Crippen molar-refractivity contribution in [3.8, 4) is 11.4 Å². The van der Waals surface area contributed by atoms with Gasteiger partial charge in [-0.2, -0.15) is 4.98 Å². The molecule has 1 aromatic heterocycles. The number of anilines is 1. The van der Waals surface area contributed by atoms with Crippen LogP contribution in [0.1, 0.15) is 42.5 Å². The third kappa shape index (κ3) is 4.47. The van der Waals surface area contributed by atoms with Crippen molar-refractivity contribution in [1.82, 2.24) is 15.5 Å². The Morgan fingerprint density at radius 2 is 1.77 bits per heavy atom. The minimum absolute atomic E-state index is 0.324. The fraction of sp³-hybridized carbons (Fsp3) is 0.179. The molecule has 0 saturated heterocycles. The summed E-state index contributed by atoms with van der Waals surface area (Å²) in [7, 11) is 0. The average molecular weight is 485 g/mol. The van der Waals surface area contributed by atoms with Gasteiger partial charge in [0.05, 0.1) is 11.6 Å². The second kappa shape index (κ2) is 9.43. The number of thiocarbonyl (C=S) groups is 1. The normalized spacial score (nSPS) is 15.9. The zero-order chi connectivity index (χ0) is 24.5. The SMILES string of the molecule is CCc1ccc(-c2noc(C3=C(C)N(c4ccc(C)cc4)C(=S)NC3c3cccc(F)c3)n2)cc1. The van der Waals surface area contributed by atoms with E-state index in [0.29, 0.717) is 16.8 Å². The lowest BCUT2D eigenvalue weighted by Crippen LogP contribution is -2.46. The van der Waals surface area contributed by atoms with E-state index in [-0.39, 0.29) is 5.82 Å². The van der Waals surface area contributed by atoms with E-state index in [1.807, 2.05) is 61.2 Å². The molecule has 1 aliphatic heterocycles. The van der Waals surface area contributed by atoms with E-state index in [2.05, 4.69) is 29.5 Å². The number of nitrogens with zero attached hydrogens (tertiary/aromatic N) is 3. The van der Waals surface area contributed by atoms with Crippen LogP contribution in [0.15, 0.2) is 83.0 Å². The van der Waals surface area contributed by atoms with E-state index in [9.17, 15) is 4.39 Å². The summed E-state index contributed by atoms with van der Waals surface area (Å²) in [6, 6.07) is 22.2. The lowest BCUT2D eigenvalue weighted by atomic mass is 9.94. The zero-order valence-corrected chi connectivity index (χ0v) is 20.6. The van der Waals surface area contributed by atoms with E-state index in [4.69, 9.17) is 21.7 Å². The Morgan fingerprint density at radius 1 is 1.03 bits per heavy atom. The molecule has 5 rings (SSSR count). The predicted molar refractivity (Wildman–Crippen MR) is 140 cm³/mol. The number of allylic oxidation sites excluding steroid dienone is 1. The first-order chi connectivity index (χ1) is 16.9. The molecular weight excluding hydrogens is 459 g/mol. The number of rotatable bonds is 5. The molecule has 7 heteroatoms. The lowest BCUT2D eigenvalue weighted by molar-refractivity contribution is 0.404. The molecular formula is C28H25FN4OS. The largest absolute Gasteiger partial charge is 0.351 e. The van der Waals surface area contributed by atoms with Gasteiger partial charge in [0.2, 0.25) is 5.82 Å². The monoisotopic (exact) mass is 484 g/mol. The van der Waals surface area contributed by atoms with E-state index in [1.54, 1.807) is 6.07 Å². The van der Waals surface area contributed by atoms with Crippen LogP contribution in [-0.4, -0.2) is 15.3 Å². The van der Waals surface area contributed by atoms with Gasteiger partial charge < -0.3 is 9.84 Å². The predicted octanol–water partition coefficient (Wildman–Crippen LogP) is 6.61. The molecule has 5 nitrogen and oxygen atoms in total. The second-order valence-corrected chi connectivity index (χ2v) is 8.97. The molecule has 4 aromatic rings. The summed E-state index contributed by atoms with van der Waals surface area (Å²) in [6.45, 7) is 6.12. The molecule has 3 aromatic carbocycles. The minimum Gasteiger partial charge on any atom is -0.351 e. The van der Waals surface area contributed by atoms with Crippen LogP contribution in [0.25, 0.3) is 17.0 Å². The van der Waals surface area contributed by atoms with Crippen molar-refractivity contribution in [2.45, 2.75) is 33.2 Å². The molecule has 0 fully saturated rings. The van der Waals surface area contributed by atoms with Crippen molar-refractivity contribution < 1.29 is 8.91 Å². The van der Waals surface area contributed by atoms with Crippen LogP contribution in [0.5, 0.6) is 0 Å². The highest BCUT2D eigenvalue weighted by molar-refractivity contribution is 7.80. The molecule has 0 radical (unpaired) electrons. The Morgan fingerprint density at radius 3 is 2.46 bits per heavy atom. The van der Waals surface area contributed by atoms with Crippen molar-refractivity contribution in [1.29, 1.82) is 0 Å². The van der Waals surface area contributed by atoms with E-state index in [1.165, 1.54) is 17.7 Å². The van der Waals surface area contributed by atoms with Gasteiger partial charge in [0, 0.05) is 16.9 Å². The molecule has 2 heterocycles. The second-order valence-electron chi connectivity index (χ2n) is 8.58. The average Bonchev–Trinajstić information content (AvgIpc) is 3.34. The van der Waals surface area contributed by atoms with Crippen molar-refractivity contribution >= 4 is 28.6 Å². The van der Waals surface area contributed by atoms with Crippen LogP contribution in [0.3, 0.4) is 0 Å². The molecule has 1 aliphatic rings. The van der Waals surface area contributed by atoms with Crippen molar-refractivity contribution in [3.05, 3.63) is 107 Å². The standard InChI is InChI=1S/C28H25FN4OS/c1-4-19-10-12-20(13-11-19)26-31-27(34-32-26)24-18(3)33(23-14-8-17(2)9-15-23)28(35)30-25(24)21-6-5-7-22(29)16-21/h5-16,25H,4H2,1-3H3,(H,30,35). The van der Waals surface area contributed by atoms with Gasteiger partial charge >= 0.3 is 0 Å². The number of aryl methyl sites for hydroxylation is 2. The Hall–Kier alpha value is -3.84. The van der Waals surface area contributed by atoms with Gasteiger partial charge in [-0.3, -0.25) is 4.90 Å². The Kier molecular flexibility index (Phi) is 6.17. The summed E-state index contributed by atoms with van der Waals surface area (Å²) >= 11 is 5.76. The Balaban J connectivity index is 1.63. The van der Waals surface area contributed by atoms with Crippen LogP contribution in [0.4, 0.5) is 10.1 Å². The van der Waals surface area contributed by atoms with Crippen LogP contribution >= 0.6 is 12.2 Å². The summed E-state index contributed by atoms with van der Waals surface area (Å²) in [5.41, 5.74) is 6.47. The minimum atomic E-state index is -0.448. The number of hydrogen-bond donors (Lipinski definition) is 1. The van der Waals surface area contributed by atoms with Crippen molar-refractivity contribution in [3.63, 3.8) is 0 Å². The molecule has 1 unspecified atom stereocenters. The van der Waals surface area contributed by atoms with Gasteiger partial charge in [-0.1, -0.05) is 66.2 Å². The number of halogens is 1. The number of aromatic nitrogens is 2. The lowest BCUT2D eigenvalue weighted by Gasteiger charge is -2.37. The first-order valence-corrected chi connectivity index (χ1v) is 11.9. The first-order valence-electron chi connectivity index (χ1n) is 11.5. The highest BCUT2D eigenvalue weighted by Crippen LogP contribution is 2.39. The van der Waals surface area contributed by atoms with E-state index in [0.717, 1.165) is 40.1 Å². The Bertz CT molecular complexity index is 1410. The smallest absolute Gasteiger partial charge is 0.258 e. The maximum atomic E-state index is 14.2. The number of benzene rings is 3. The zero-order valence-electron chi connectivity index (χ0n) is 19.7. The third-order valence-corrected chi connectivity index (χ3v) is 6.54. The molecule has 0 spiro atoms. The maximum absolute atomic E-state index is 14.2. The molecule has 0 saturated carbocycles. The molecule has 176 valence electrons. The van der Waals surface area contributed by atoms with Crippen LogP contribution in [0.2, 0.25) is 0 Å². The van der Waals surface area contributed by atoms with Gasteiger partial charge in [0.1, 0.15) is 5.82 Å². The number of hydrogen-bond acceptors (Lipinski definition) is 4. The van der Waals surface area contributed by atoms with Gasteiger partial charge in [-0.05, 0) is 67.9 Å². The summed E-state index contributed by atoms with van der Waals surface area (Å²) in [6.07, 6.45) is 0.958. The van der Waals surface area contributed by atoms with Crippen LogP contribution in [0, 0.1) is 12.7 Å². The molecule has 1 atom stereocenters.